The van der Waals surface area contributed by atoms with Crippen LogP contribution in [0.5, 0.6) is 0 Å². The lowest BCUT2D eigenvalue weighted by Crippen LogP contribution is -2.03. The number of hydrogen-bond donors (Lipinski definition) is 0. The third-order valence-corrected chi connectivity index (χ3v) is 6.70. The molecule has 0 bridgehead atoms. The molecule has 7 nitrogen and oxygen atoms in total. The normalized spacial score (nSPS) is 10.9. The van der Waals surface area contributed by atoms with E-state index < -0.39 is 0 Å². The zero-order valence-electron chi connectivity index (χ0n) is 22.4. The largest absolute Gasteiger partial charge is 0.255 e. The number of nitrogens with zero attached hydrogens (tertiary/aromatic N) is 7. The first-order valence-corrected chi connectivity index (χ1v) is 13.5. The van der Waals surface area contributed by atoms with Crippen LogP contribution in [0, 0.1) is 0 Å². The highest BCUT2D eigenvalue weighted by molar-refractivity contribution is 5.70. The Bertz CT molecular complexity index is 1860. The number of rotatable bonds is 6. The van der Waals surface area contributed by atoms with Crippen molar-refractivity contribution >= 4 is 0 Å². The fraction of sp³-hybridized carbons (Fsp3) is 0. The predicted octanol–water partition coefficient (Wildman–Crippen LogP) is 7.45. The molecule has 7 aromatic rings. The summed E-state index contributed by atoms with van der Waals surface area (Å²) in [5.41, 5.74) is 7.37. The second-order valence-electron chi connectivity index (χ2n) is 9.50. The van der Waals surface area contributed by atoms with Crippen LogP contribution in [-0.4, -0.2) is 34.9 Å². The van der Waals surface area contributed by atoms with E-state index in [9.17, 15) is 0 Å². The second kappa shape index (κ2) is 11.3. The van der Waals surface area contributed by atoms with Gasteiger partial charge < -0.3 is 0 Å². The maximum atomic E-state index is 4.87. The molecule has 0 saturated carbocycles. The maximum absolute atomic E-state index is 4.87. The molecule has 42 heavy (non-hydrogen) atoms. The smallest absolute Gasteiger partial charge is 0.182 e. The molecule has 0 aliphatic rings. The second-order valence-corrected chi connectivity index (χ2v) is 9.50. The number of pyridine rings is 4. The van der Waals surface area contributed by atoms with Gasteiger partial charge in [0, 0.05) is 18.0 Å². The van der Waals surface area contributed by atoms with Gasteiger partial charge in [0.2, 0.25) is 0 Å². The minimum atomic E-state index is 0.449. The molecule has 0 atom stereocenters. The van der Waals surface area contributed by atoms with Gasteiger partial charge in [-0.05, 0) is 59.7 Å². The summed E-state index contributed by atoms with van der Waals surface area (Å²) in [4.78, 5) is 33.2. The molecule has 0 radical (unpaired) electrons. The molecular weight excluding hydrogens is 518 g/mol. The molecule has 5 heterocycles. The highest BCUT2D eigenvalue weighted by Crippen LogP contribution is 2.28. The fourth-order valence-corrected chi connectivity index (χ4v) is 4.61. The molecule has 5 aromatic heterocycles. The fourth-order valence-electron chi connectivity index (χ4n) is 4.61. The van der Waals surface area contributed by atoms with Gasteiger partial charge in [-0.1, -0.05) is 78.9 Å². The topological polar surface area (TPSA) is 90.2 Å². The van der Waals surface area contributed by atoms with Gasteiger partial charge >= 0.3 is 0 Å². The van der Waals surface area contributed by atoms with Gasteiger partial charge in [-0.2, -0.15) is 0 Å². The zero-order chi connectivity index (χ0) is 28.1. The first-order valence-electron chi connectivity index (χ1n) is 13.5. The summed E-state index contributed by atoms with van der Waals surface area (Å²) in [6.45, 7) is 0. The molecule has 7 heteroatoms. The lowest BCUT2D eigenvalue weighted by molar-refractivity contribution is 1.04. The van der Waals surface area contributed by atoms with Crippen LogP contribution in [0.4, 0.5) is 0 Å². The summed E-state index contributed by atoms with van der Waals surface area (Å²) >= 11 is 0. The van der Waals surface area contributed by atoms with Gasteiger partial charge in [-0.15, -0.1) is 0 Å². The van der Waals surface area contributed by atoms with E-state index in [1.54, 1.807) is 12.4 Å². The standard InChI is InChI=1S/C35H23N7/c1-2-10-24(11-3-1)25-18-20-26(21-19-25)33-40-34(31-16-8-14-29(38-31)27-12-4-6-22-36-27)42-35(41-33)32-17-9-15-30(39-32)28-13-5-7-23-37-28/h1-23H. The summed E-state index contributed by atoms with van der Waals surface area (Å²) in [5, 5.41) is 0. The Hall–Kier alpha value is -5.95. The highest BCUT2D eigenvalue weighted by Gasteiger charge is 2.16. The van der Waals surface area contributed by atoms with E-state index in [2.05, 4.69) is 34.2 Å². The Balaban J connectivity index is 1.35. The average molecular weight is 542 g/mol. The van der Waals surface area contributed by atoms with Crippen molar-refractivity contribution in [2.75, 3.05) is 0 Å². The summed E-state index contributed by atoms with van der Waals surface area (Å²) in [6, 6.07) is 41.5. The Morgan fingerprint density at radius 2 is 0.690 bits per heavy atom. The van der Waals surface area contributed by atoms with E-state index in [-0.39, 0.29) is 0 Å². The third kappa shape index (κ3) is 5.26. The summed E-state index contributed by atoms with van der Waals surface area (Å²) in [6.07, 6.45) is 3.50. The maximum Gasteiger partial charge on any atom is 0.182 e. The van der Waals surface area contributed by atoms with E-state index in [0.717, 1.165) is 39.5 Å². The molecule has 0 fully saturated rings. The van der Waals surface area contributed by atoms with Crippen LogP contribution in [0.2, 0.25) is 0 Å². The summed E-state index contributed by atoms with van der Waals surface area (Å²) in [7, 11) is 0. The first-order chi connectivity index (χ1) is 20.8. The van der Waals surface area contributed by atoms with Gasteiger partial charge in [0.1, 0.15) is 11.4 Å². The van der Waals surface area contributed by atoms with Gasteiger partial charge in [0.05, 0.1) is 22.8 Å². The van der Waals surface area contributed by atoms with Crippen molar-refractivity contribution in [3.05, 3.63) is 140 Å². The Morgan fingerprint density at radius 1 is 0.262 bits per heavy atom. The van der Waals surface area contributed by atoms with E-state index in [1.807, 2.05) is 103 Å². The average Bonchev–Trinajstić information content (AvgIpc) is 3.09. The van der Waals surface area contributed by atoms with Crippen LogP contribution in [0.3, 0.4) is 0 Å². The van der Waals surface area contributed by atoms with Gasteiger partial charge in [0.15, 0.2) is 17.5 Å². The molecule has 0 aliphatic heterocycles. The predicted molar refractivity (Wildman–Crippen MR) is 164 cm³/mol. The van der Waals surface area contributed by atoms with Gasteiger partial charge in [-0.25, -0.2) is 24.9 Å². The van der Waals surface area contributed by atoms with Crippen LogP contribution in [0.25, 0.3) is 68.3 Å². The lowest BCUT2D eigenvalue weighted by Gasteiger charge is -2.10. The van der Waals surface area contributed by atoms with Crippen LogP contribution < -0.4 is 0 Å². The molecule has 0 spiro atoms. The Labute approximate surface area is 242 Å². The molecule has 7 rings (SSSR count). The molecule has 0 saturated heterocycles. The highest BCUT2D eigenvalue weighted by atomic mass is 15.1. The summed E-state index contributed by atoms with van der Waals surface area (Å²) < 4.78 is 0. The third-order valence-electron chi connectivity index (χ3n) is 6.70. The van der Waals surface area contributed by atoms with Crippen LogP contribution >= 0.6 is 0 Å². The minimum absolute atomic E-state index is 0.449. The first kappa shape index (κ1) is 25.0. The van der Waals surface area contributed by atoms with Gasteiger partial charge in [0.25, 0.3) is 0 Å². The van der Waals surface area contributed by atoms with Crippen molar-refractivity contribution in [3.63, 3.8) is 0 Å². The lowest BCUT2D eigenvalue weighted by atomic mass is 10.0. The van der Waals surface area contributed by atoms with E-state index >= 15 is 0 Å². The van der Waals surface area contributed by atoms with Crippen molar-refractivity contribution in [2.45, 2.75) is 0 Å². The van der Waals surface area contributed by atoms with E-state index in [1.165, 1.54) is 0 Å². The minimum Gasteiger partial charge on any atom is -0.255 e. The van der Waals surface area contributed by atoms with Crippen LogP contribution in [-0.2, 0) is 0 Å². The van der Waals surface area contributed by atoms with Crippen LogP contribution in [0.1, 0.15) is 0 Å². The zero-order valence-corrected chi connectivity index (χ0v) is 22.4. The van der Waals surface area contributed by atoms with Crippen molar-refractivity contribution in [3.8, 4) is 68.3 Å². The molecule has 198 valence electrons. The van der Waals surface area contributed by atoms with Crippen molar-refractivity contribution < 1.29 is 0 Å². The molecule has 0 aliphatic carbocycles. The SMILES string of the molecule is c1ccc(-c2ccc(-c3nc(-c4cccc(-c5ccccn5)n4)nc(-c4cccc(-c5ccccn5)n4)n3)cc2)cc1. The molecule has 2 aromatic carbocycles. The van der Waals surface area contributed by atoms with E-state index in [0.29, 0.717) is 28.9 Å². The van der Waals surface area contributed by atoms with Crippen molar-refractivity contribution in [1.82, 2.24) is 34.9 Å². The molecule has 0 amide bonds. The quantitative estimate of drug-likeness (QED) is 0.216. The van der Waals surface area contributed by atoms with E-state index in [4.69, 9.17) is 24.9 Å². The Morgan fingerprint density at radius 3 is 1.21 bits per heavy atom. The molecule has 0 N–H and O–H groups in total. The number of aromatic nitrogens is 7. The van der Waals surface area contributed by atoms with Crippen LogP contribution in [0.15, 0.2) is 140 Å². The van der Waals surface area contributed by atoms with Crippen molar-refractivity contribution in [2.24, 2.45) is 0 Å². The number of hydrogen-bond acceptors (Lipinski definition) is 7. The monoisotopic (exact) mass is 541 g/mol. The van der Waals surface area contributed by atoms with Gasteiger partial charge in [-0.3, -0.25) is 9.97 Å². The molecular formula is C35H23N7. The Kier molecular flexibility index (Phi) is 6.72. The molecule has 0 unspecified atom stereocenters. The number of benzene rings is 2. The summed E-state index contributed by atoms with van der Waals surface area (Å²) in [5.74, 6) is 1.43. The van der Waals surface area contributed by atoms with Crippen molar-refractivity contribution in [1.29, 1.82) is 0 Å².